The summed E-state index contributed by atoms with van der Waals surface area (Å²) in [4.78, 5) is 15.2. The second-order valence-corrected chi connectivity index (χ2v) is 7.06. The normalized spacial score (nSPS) is 14.5. The third kappa shape index (κ3) is 3.90. The first-order chi connectivity index (χ1) is 13.8. The van der Waals surface area contributed by atoms with Crippen LogP contribution < -0.4 is 14.9 Å². The van der Waals surface area contributed by atoms with E-state index in [0.29, 0.717) is 23.3 Å². The van der Waals surface area contributed by atoms with Crippen LogP contribution in [0.15, 0.2) is 57.7 Å². The maximum Gasteiger partial charge on any atom is 0.235 e. The predicted octanol–water partition coefficient (Wildman–Crippen LogP) is 4.33. The fraction of sp³-hybridized carbons (Fsp3) is 0.348. The minimum absolute atomic E-state index is 0.165. The van der Waals surface area contributed by atoms with Crippen LogP contribution in [0.3, 0.4) is 0 Å². The van der Waals surface area contributed by atoms with E-state index in [0.717, 1.165) is 24.3 Å². The van der Waals surface area contributed by atoms with Gasteiger partial charge >= 0.3 is 0 Å². The van der Waals surface area contributed by atoms with Crippen LogP contribution in [0.4, 0.5) is 0 Å². The van der Waals surface area contributed by atoms with Crippen molar-refractivity contribution in [1.29, 1.82) is 0 Å². The summed E-state index contributed by atoms with van der Waals surface area (Å²) in [7, 11) is 1.49. The van der Waals surface area contributed by atoms with Gasteiger partial charge < -0.3 is 18.8 Å². The van der Waals surface area contributed by atoms with Crippen molar-refractivity contribution < 1.29 is 13.9 Å². The second kappa shape index (κ2) is 8.48. The zero-order valence-electron chi connectivity index (χ0n) is 16.1. The molecule has 0 spiro atoms. The molecule has 1 aliphatic rings. The standard InChI is InChI=1S/C23H25NO4/c1-26-23-21(25)19-7-2-3-8-20(19)28-22(23)17-9-11-18(12-10-17)27-16-6-15-24-13-4-5-14-24/h2-3,7-12H,4-6,13-16H2,1H3. The topological polar surface area (TPSA) is 51.9 Å². The van der Waals surface area contributed by atoms with Crippen molar-refractivity contribution >= 4 is 11.0 Å². The minimum atomic E-state index is -0.165. The fourth-order valence-corrected chi connectivity index (χ4v) is 3.69. The molecule has 5 nitrogen and oxygen atoms in total. The highest BCUT2D eigenvalue weighted by atomic mass is 16.5. The number of methoxy groups -OCH3 is 1. The molecule has 146 valence electrons. The van der Waals surface area contributed by atoms with Gasteiger partial charge in [-0.2, -0.15) is 0 Å². The number of nitrogens with zero attached hydrogens (tertiary/aromatic N) is 1. The first-order valence-electron chi connectivity index (χ1n) is 9.81. The Balaban J connectivity index is 1.48. The summed E-state index contributed by atoms with van der Waals surface area (Å²) < 4.78 is 17.2. The first-order valence-corrected chi connectivity index (χ1v) is 9.81. The maximum absolute atomic E-state index is 12.7. The molecule has 0 saturated carbocycles. The molecule has 4 rings (SSSR count). The summed E-state index contributed by atoms with van der Waals surface area (Å²) in [6, 6.07) is 14.8. The summed E-state index contributed by atoms with van der Waals surface area (Å²) in [5, 5.41) is 0.515. The SMILES string of the molecule is COc1c(-c2ccc(OCCCN3CCCC3)cc2)oc2ccccc2c1=O. The van der Waals surface area contributed by atoms with Gasteiger partial charge in [-0.1, -0.05) is 12.1 Å². The van der Waals surface area contributed by atoms with Gasteiger partial charge in [0.05, 0.1) is 19.1 Å². The first kappa shape index (κ1) is 18.6. The Morgan fingerprint density at radius 1 is 1.04 bits per heavy atom. The summed E-state index contributed by atoms with van der Waals surface area (Å²) in [6.07, 6.45) is 3.66. The molecular formula is C23H25NO4. The lowest BCUT2D eigenvalue weighted by Crippen LogP contribution is -2.21. The van der Waals surface area contributed by atoms with E-state index >= 15 is 0 Å². The van der Waals surface area contributed by atoms with Crippen molar-refractivity contribution in [3.05, 3.63) is 58.8 Å². The van der Waals surface area contributed by atoms with Crippen LogP contribution >= 0.6 is 0 Å². The van der Waals surface area contributed by atoms with Crippen LogP contribution in [0.1, 0.15) is 19.3 Å². The molecule has 1 aromatic heterocycles. The zero-order chi connectivity index (χ0) is 19.3. The lowest BCUT2D eigenvalue weighted by atomic mass is 10.1. The molecule has 2 aromatic carbocycles. The van der Waals surface area contributed by atoms with Crippen molar-refractivity contribution in [2.75, 3.05) is 33.4 Å². The van der Waals surface area contributed by atoms with Crippen molar-refractivity contribution in [2.45, 2.75) is 19.3 Å². The van der Waals surface area contributed by atoms with Gasteiger partial charge in [-0.05, 0) is 68.8 Å². The Hall–Kier alpha value is -2.79. The van der Waals surface area contributed by atoms with Crippen LogP contribution in [0.5, 0.6) is 11.5 Å². The van der Waals surface area contributed by atoms with Gasteiger partial charge in [0.2, 0.25) is 11.2 Å². The molecule has 0 unspecified atom stereocenters. The average Bonchev–Trinajstić information content (AvgIpc) is 3.25. The highest BCUT2D eigenvalue weighted by Crippen LogP contribution is 2.31. The fourth-order valence-electron chi connectivity index (χ4n) is 3.69. The van der Waals surface area contributed by atoms with Crippen molar-refractivity contribution in [3.63, 3.8) is 0 Å². The third-order valence-electron chi connectivity index (χ3n) is 5.16. The molecule has 5 heteroatoms. The number of ether oxygens (including phenoxy) is 2. The number of rotatable bonds is 7. The molecule has 3 aromatic rings. The second-order valence-electron chi connectivity index (χ2n) is 7.06. The Kier molecular flexibility index (Phi) is 5.63. The number of para-hydroxylation sites is 1. The maximum atomic E-state index is 12.7. The highest BCUT2D eigenvalue weighted by molar-refractivity contribution is 5.81. The van der Waals surface area contributed by atoms with Gasteiger partial charge in [0.1, 0.15) is 11.3 Å². The lowest BCUT2D eigenvalue weighted by molar-refractivity contribution is 0.263. The van der Waals surface area contributed by atoms with E-state index in [9.17, 15) is 4.79 Å². The van der Waals surface area contributed by atoms with Crippen LogP contribution in [-0.2, 0) is 0 Å². The monoisotopic (exact) mass is 379 g/mol. The highest BCUT2D eigenvalue weighted by Gasteiger charge is 2.16. The molecule has 0 radical (unpaired) electrons. The van der Waals surface area contributed by atoms with Crippen molar-refractivity contribution in [1.82, 2.24) is 4.90 Å². The molecule has 28 heavy (non-hydrogen) atoms. The number of fused-ring (bicyclic) bond motifs is 1. The van der Waals surface area contributed by atoms with E-state index in [1.165, 1.54) is 33.0 Å². The van der Waals surface area contributed by atoms with Crippen LogP contribution in [0.2, 0.25) is 0 Å². The van der Waals surface area contributed by atoms with Gasteiger partial charge in [-0.25, -0.2) is 0 Å². The van der Waals surface area contributed by atoms with Crippen LogP contribution in [-0.4, -0.2) is 38.3 Å². The van der Waals surface area contributed by atoms with E-state index in [1.54, 1.807) is 12.1 Å². The quantitative estimate of drug-likeness (QED) is 0.572. The van der Waals surface area contributed by atoms with E-state index in [1.807, 2.05) is 36.4 Å². The van der Waals surface area contributed by atoms with Gasteiger partial charge in [-0.3, -0.25) is 4.79 Å². The van der Waals surface area contributed by atoms with Gasteiger partial charge in [0.15, 0.2) is 5.76 Å². The number of hydrogen-bond acceptors (Lipinski definition) is 5. The van der Waals surface area contributed by atoms with E-state index in [-0.39, 0.29) is 11.2 Å². The van der Waals surface area contributed by atoms with Crippen LogP contribution in [0, 0.1) is 0 Å². The minimum Gasteiger partial charge on any atom is -0.494 e. The number of benzene rings is 2. The predicted molar refractivity (Wildman–Crippen MR) is 110 cm³/mol. The van der Waals surface area contributed by atoms with Crippen LogP contribution in [0.25, 0.3) is 22.3 Å². The van der Waals surface area contributed by atoms with E-state index < -0.39 is 0 Å². The number of likely N-dealkylation sites (tertiary alicyclic amines) is 1. The molecule has 0 aliphatic carbocycles. The molecule has 0 bridgehead atoms. The summed E-state index contributed by atoms with van der Waals surface area (Å²) in [5.41, 5.74) is 1.16. The Morgan fingerprint density at radius 2 is 1.79 bits per heavy atom. The smallest absolute Gasteiger partial charge is 0.235 e. The molecule has 1 fully saturated rings. The Morgan fingerprint density at radius 3 is 2.54 bits per heavy atom. The Labute approximate surface area is 164 Å². The lowest BCUT2D eigenvalue weighted by Gasteiger charge is -2.14. The zero-order valence-corrected chi connectivity index (χ0v) is 16.1. The summed E-state index contributed by atoms with van der Waals surface area (Å²) >= 11 is 0. The molecule has 0 amide bonds. The molecular weight excluding hydrogens is 354 g/mol. The summed E-state index contributed by atoms with van der Waals surface area (Å²) in [5.74, 6) is 1.47. The van der Waals surface area contributed by atoms with Crippen molar-refractivity contribution in [2.24, 2.45) is 0 Å². The number of hydrogen-bond donors (Lipinski definition) is 0. The van der Waals surface area contributed by atoms with E-state index in [4.69, 9.17) is 13.9 Å². The van der Waals surface area contributed by atoms with Gasteiger partial charge in [0.25, 0.3) is 0 Å². The third-order valence-corrected chi connectivity index (χ3v) is 5.16. The van der Waals surface area contributed by atoms with E-state index in [2.05, 4.69) is 4.90 Å². The average molecular weight is 379 g/mol. The van der Waals surface area contributed by atoms with Crippen molar-refractivity contribution in [3.8, 4) is 22.8 Å². The Bertz CT molecular complexity index is 988. The molecule has 1 saturated heterocycles. The summed E-state index contributed by atoms with van der Waals surface area (Å²) in [6.45, 7) is 4.22. The largest absolute Gasteiger partial charge is 0.494 e. The molecule has 0 N–H and O–H groups in total. The molecule has 2 heterocycles. The molecule has 0 atom stereocenters. The van der Waals surface area contributed by atoms with Gasteiger partial charge in [0, 0.05) is 12.1 Å². The molecule has 1 aliphatic heterocycles. The van der Waals surface area contributed by atoms with Gasteiger partial charge in [-0.15, -0.1) is 0 Å².